The first-order valence-corrected chi connectivity index (χ1v) is 11.6. The lowest BCUT2D eigenvalue weighted by Gasteiger charge is -2.33. The standard InChI is InChI=1S/C20H25FN4O4S/c1-2-29-19-7-6-16(14-17(19)21)30(27,28)24-11-9-23(10-12-24)20(26)18-13-15-5-3-4-8-25(15)22-18/h6-7,13-14H,2-5,8-12H2,1H3. The molecular weight excluding hydrogens is 411 g/mol. The average molecular weight is 437 g/mol. The minimum Gasteiger partial charge on any atom is -0.491 e. The van der Waals surface area contributed by atoms with Gasteiger partial charge in [0.25, 0.3) is 5.91 Å². The van der Waals surface area contributed by atoms with Gasteiger partial charge in [-0.05, 0) is 50.5 Å². The number of amides is 1. The van der Waals surface area contributed by atoms with Crippen molar-refractivity contribution in [3.05, 3.63) is 41.5 Å². The number of ether oxygens (including phenoxy) is 1. The number of carbonyl (C=O) groups is 1. The number of aromatic nitrogens is 2. The summed E-state index contributed by atoms with van der Waals surface area (Å²) < 4.78 is 48.2. The van der Waals surface area contributed by atoms with Crippen molar-refractivity contribution in [3.8, 4) is 5.75 Å². The van der Waals surface area contributed by atoms with Gasteiger partial charge in [0, 0.05) is 38.4 Å². The highest BCUT2D eigenvalue weighted by atomic mass is 32.2. The lowest BCUT2D eigenvalue weighted by atomic mass is 10.1. The van der Waals surface area contributed by atoms with Crippen molar-refractivity contribution in [2.75, 3.05) is 32.8 Å². The molecule has 4 rings (SSSR count). The Morgan fingerprint density at radius 3 is 2.57 bits per heavy atom. The summed E-state index contributed by atoms with van der Waals surface area (Å²) in [6.45, 7) is 3.67. The van der Waals surface area contributed by atoms with Gasteiger partial charge in [-0.2, -0.15) is 9.40 Å². The van der Waals surface area contributed by atoms with Crippen molar-refractivity contribution in [2.45, 2.75) is 37.6 Å². The molecule has 2 aliphatic rings. The molecule has 0 bridgehead atoms. The Labute approximate surface area is 175 Å². The normalized spacial score (nSPS) is 17.6. The van der Waals surface area contributed by atoms with Gasteiger partial charge in [-0.1, -0.05) is 0 Å². The highest BCUT2D eigenvalue weighted by Gasteiger charge is 2.32. The summed E-state index contributed by atoms with van der Waals surface area (Å²) in [4.78, 5) is 14.3. The van der Waals surface area contributed by atoms with Gasteiger partial charge in [-0.25, -0.2) is 12.8 Å². The van der Waals surface area contributed by atoms with Crippen molar-refractivity contribution in [3.63, 3.8) is 0 Å². The fraction of sp³-hybridized carbons (Fsp3) is 0.500. The molecule has 2 aliphatic heterocycles. The first-order valence-electron chi connectivity index (χ1n) is 10.2. The molecule has 0 saturated carbocycles. The first-order chi connectivity index (χ1) is 14.4. The molecule has 0 aliphatic carbocycles. The predicted octanol–water partition coefficient (Wildman–Crippen LogP) is 1.90. The molecule has 1 amide bonds. The van der Waals surface area contributed by atoms with Crippen LogP contribution in [0.15, 0.2) is 29.2 Å². The summed E-state index contributed by atoms with van der Waals surface area (Å²) >= 11 is 0. The average Bonchev–Trinajstić information content (AvgIpc) is 3.19. The van der Waals surface area contributed by atoms with E-state index in [9.17, 15) is 17.6 Å². The number of piperazine rings is 1. The number of nitrogens with zero attached hydrogens (tertiary/aromatic N) is 4. The predicted molar refractivity (Wildman–Crippen MR) is 107 cm³/mol. The Bertz CT molecular complexity index is 1020. The molecule has 0 atom stereocenters. The van der Waals surface area contributed by atoms with Crippen LogP contribution in [-0.4, -0.2) is 66.1 Å². The minimum absolute atomic E-state index is 0.0228. The van der Waals surface area contributed by atoms with Crippen LogP contribution in [-0.2, 0) is 23.0 Å². The van der Waals surface area contributed by atoms with Crippen LogP contribution in [0.25, 0.3) is 0 Å². The molecule has 10 heteroatoms. The maximum atomic E-state index is 14.1. The summed E-state index contributed by atoms with van der Waals surface area (Å²) in [7, 11) is -3.85. The first kappa shape index (κ1) is 20.8. The van der Waals surface area contributed by atoms with E-state index in [1.54, 1.807) is 11.8 Å². The van der Waals surface area contributed by atoms with E-state index in [1.165, 1.54) is 16.4 Å². The lowest BCUT2D eigenvalue weighted by molar-refractivity contribution is 0.0691. The zero-order valence-corrected chi connectivity index (χ0v) is 17.7. The van der Waals surface area contributed by atoms with Gasteiger partial charge >= 0.3 is 0 Å². The van der Waals surface area contributed by atoms with Crippen molar-refractivity contribution in [2.24, 2.45) is 0 Å². The Morgan fingerprint density at radius 2 is 1.90 bits per heavy atom. The number of hydrogen-bond acceptors (Lipinski definition) is 5. The molecule has 0 unspecified atom stereocenters. The summed E-state index contributed by atoms with van der Waals surface area (Å²) in [6, 6.07) is 5.49. The zero-order valence-electron chi connectivity index (χ0n) is 16.9. The quantitative estimate of drug-likeness (QED) is 0.715. The van der Waals surface area contributed by atoms with Crippen molar-refractivity contribution < 1.29 is 22.3 Å². The van der Waals surface area contributed by atoms with Gasteiger partial charge in [-0.15, -0.1) is 0 Å². The zero-order chi connectivity index (χ0) is 21.3. The molecule has 2 aromatic rings. The van der Waals surface area contributed by atoms with Crippen LogP contribution in [0.5, 0.6) is 5.75 Å². The number of benzene rings is 1. The highest BCUT2D eigenvalue weighted by Crippen LogP contribution is 2.24. The SMILES string of the molecule is CCOc1ccc(S(=O)(=O)N2CCN(C(=O)c3cc4n(n3)CCCC4)CC2)cc1F. The number of hydrogen-bond donors (Lipinski definition) is 0. The van der Waals surface area contributed by atoms with E-state index in [1.807, 2.05) is 10.7 Å². The minimum atomic E-state index is -3.85. The Hall–Kier alpha value is -2.46. The summed E-state index contributed by atoms with van der Waals surface area (Å²) in [5.74, 6) is -0.869. The number of sulfonamides is 1. The third-order valence-corrected chi connectivity index (χ3v) is 7.40. The van der Waals surface area contributed by atoms with E-state index >= 15 is 0 Å². The van der Waals surface area contributed by atoms with Gasteiger partial charge < -0.3 is 9.64 Å². The van der Waals surface area contributed by atoms with Crippen molar-refractivity contribution in [1.82, 2.24) is 19.0 Å². The number of carbonyl (C=O) groups excluding carboxylic acids is 1. The van der Waals surface area contributed by atoms with E-state index in [2.05, 4.69) is 5.10 Å². The third kappa shape index (κ3) is 3.93. The van der Waals surface area contributed by atoms with E-state index in [0.717, 1.165) is 37.6 Å². The molecule has 162 valence electrons. The third-order valence-electron chi connectivity index (χ3n) is 5.50. The van der Waals surface area contributed by atoms with Crippen LogP contribution in [0.3, 0.4) is 0 Å². The Morgan fingerprint density at radius 1 is 1.13 bits per heavy atom. The summed E-state index contributed by atoms with van der Waals surface area (Å²) in [5.41, 5.74) is 1.49. The van der Waals surface area contributed by atoms with E-state index in [0.29, 0.717) is 12.3 Å². The van der Waals surface area contributed by atoms with Crippen LogP contribution in [0.2, 0.25) is 0 Å². The number of aryl methyl sites for hydroxylation is 2. The fourth-order valence-electron chi connectivity index (χ4n) is 3.88. The van der Waals surface area contributed by atoms with Crippen LogP contribution < -0.4 is 4.74 Å². The largest absolute Gasteiger partial charge is 0.491 e. The van der Waals surface area contributed by atoms with Crippen LogP contribution >= 0.6 is 0 Å². The monoisotopic (exact) mass is 436 g/mol. The number of rotatable bonds is 5. The van der Waals surface area contributed by atoms with Gasteiger partial charge in [0.05, 0.1) is 11.5 Å². The Balaban J connectivity index is 1.43. The molecule has 0 N–H and O–H groups in total. The molecule has 1 saturated heterocycles. The van der Waals surface area contributed by atoms with Crippen LogP contribution in [0.4, 0.5) is 4.39 Å². The van der Waals surface area contributed by atoms with E-state index in [4.69, 9.17) is 4.74 Å². The lowest BCUT2D eigenvalue weighted by Crippen LogP contribution is -2.50. The second-order valence-corrected chi connectivity index (χ2v) is 9.36. The smallest absolute Gasteiger partial charge is 0.274 e. The Kier molecular flexibility index (Phi) is 5.79. The molecule has 3 heterocycles. The number of fused-ring (bicyclic) bond motifs is 1. The summed E-state index contributed by atoms with van der Waals surface area (Å²) in [6.07, 6.45) is 3.08. The maximum Gasteiger partial charge on any atom is 0.274 e. The van der Waals surface area contributed by atoms with Gasteiger partial charge in [-0.3, -0.25) is 9.48 Å². The molecule has 8 nitrogen and oxygen atoms in total. The van der Waals surface area contributed by atoms with Gasteiger partial charge in [0.2, 0.25) is 10.0 Å². The topological polar surface area (TPSA) is 84.7 Å². The molecule has 1 aromatic carbocycles. The van der Waals surface area contributed by atoms with Crippen molar-refractivity contribution >= 4 is 15.9 Å². The molecule has 1 fully saturated rings. The molecule has 0 spiro atoms. The van der Waals surface area contributed by atoms with E-state index in [-0.39, 0.29) is 42.7 Å². The summed E-state index contributed by atoms with van der Waals surface area (Å²) in [5, 5.41) is 4.41. The van der Waals surface area contributed by atoms with Gasteiger partial charge in [0.1, 0.15) is 0 Å². The fourth-order valence-corrected chi connectivity index (χ4v) is 5.31. The maximum absolute atomic E-state index is 14.1. The second-order valence-electron chi connectivity index (χ2n) is 7.42. The molecular formula is C20H25FN4O4S. The second kappa shape index (κ2) is 8.35. The van der Waals surface area contributed by atoms with Crippen LogP contribution in [0, 0.1) is 5.82 Å². The van der Waals surface area contributed by atoms with Crippen molar-refractivity contribution in [1.29, 1.82) is 0 Å². The number of halogens is 1. The molecule has 0 radical (unpaired) electrons. The van der Waals surface area contributed by atoms with Crippen LogP contribution in [0.1, 0.15) is 35.9 Å². The van der Waals surface area contributed by atoms with Gasteiger partial charge in [0.15, 0.2) is 17.3 Å². The van der Waals surface area contributed by atoms with E-state index < -0.39 is 15.8 Å². The molecule has 1 aromatic heterocycles. The highest BCUT2D eigenvalue weighted by molar-refractivity contribution is 7.89. The molecule has 30 heavy (non-hydrogen) atoms.